The minimum Gasteiger partial charge on any atom is -0.305 e. The largest absolute Gasteiger partial charge is 0.305 e. The van der Waals surface area contributed by atoms with E-state index in [1.54, 1.807) is 0 Å². The van der Waals surface area contributed by atoms with Gasteiger partial charge in [0.25, 0.3) is 0 Å². The van der Waals surface area contributed by atoms with Crippen LogP contribution in [0.5, 0.6) is 0 Å². The molecule has 0 radical (unpaired) electrons. The van der Waals surface area contributed by atoms with Gasteiger partial charge in [-0.15, -0.1) is 0 Å². The highest BCUT2D eigenvalue weighted by molar-refractivity contribution is 7.77. The van der Waals surface area contributed by atoms with Crippen molar-refractivity contribution in [2.45, 2.75) is 46.5 Å². The van der Waals surface area contributed by atoms with E-state index in [4.69, 9.17) is 0 Å². The fraction of sp³-hybridized carbons (Fsp3) is 0.750. The summed E-state index contributed by atoms with van der Waals surface area (Å²) in [7, 11) is -4.96. The third-order valence-corrected chi connectivity index (χ3v) is 12.0. The highest BCUT2D eigenvalue weighted by atomic mass is 31.2. The van der Waals surface area contributed by atoms with Crippen LogP contribution in [0.2, 0.25) is 0 Å². The zero-order valence-corrected chi connectivity index (χ0v) is 15.5. The molecule has 21 heavy (non-hydrogen) atoms. The predicted octanol–water partition coefficient (Wildman–Crippen LogP) is 5.34. The Morgan fingerprint density at radius 3 is 1.86 bits per heavy atom. The highest BCUT2D eigenvalue weighted by Crippen LogP contribution is 2.70. The highest BCUT2D eigenvalue weighted by Gasteiger charge is 2.44. The molecule has 2 atom stereocenters. The summed E-state index contributed by atoms with van der Waals surface area (Å²) in [6.07, 6.45) is 11.3. The van der Waals surface area contributed by atoms with Gasteiger partial charge in [-0.2, -0.15) is 4.44 Å². The molecule has 0 spiro atoms. The average molecular weight is 329 g/mol. The van der Waals surface area contributed by atoms with Crippen LogP contribution in [-0.4, -0.2) is 35.6 Å². The van der Waals surface area contributed by atoms with Gasteiger partial charge < -0.3 is 9.13 Å². The summed E-state index contributed by atoms with van der Waals surface area (Å²) in [5.74, 6) is 0. The summed E-state index contributed by atoms with van der Waals surface area (Å²) < 4.78 is 28.7. The molecular formula is C16H29NO2P2. The maximum absolute atomic E-state index is 13.4. The lowest BCUT2D eigenvalue weighted by molar-refractivity contribution is 0.485. The number of hydrogen-bond acceptors (Lipinski definition) is 2. The van der Waals surface area contributed by atoms with Gasteiger partial charge in [-0.05, 0) is 20.3 Å². The maximum atomic E-state index is 13.4. The first kappa shape index (κ1) is 17.3. The molecule has 0 aromatic rings. The average Bonchev–Trinajstić information content (AvgIpc) is 2.93. The van der Waals surface area contributed by atoms with Crippen molar-refractivity contribution < 1.29 is 9.13 Å². The van der Waals surface area contributed by atoms with Crippen molar-refractivity contribution in [3.63, 3.8) is 0 Å². The van der Waals surface area contributed by atoms with E-state index >= 15 is 0 Å². The number of hydrogen-bond donors (Lipinski definition) is 0. The Balaban J connectivity index is 2.12. The SMILES string of the molecule is CCCCCCN(P1(=O)CC=C(C)C1)P1(=O)CC=C(C)C1. The van der Waals surface area contributed by atoms with Crippen molar-refractivity contribution >= 4 is 14.6 Å². The van der Waals surface area contributed by atoms with Crippen molar-refractivity contribution in [1.82, 2.24) is 4.44 Å². The third-order valence-electron chi connectivity index (χ3n) is 4.50. The van der Waals surface area contributed by atoms with Crippen LogP contribution in [0.1, 0.15) is 46.5 Å². The second-order valence-corrected chi connectivity index (χ2v) is 12.7. The van der Waals surface area contributed by atoms with Gasteiger partial charge in [0, 0.05) is 31.2 Å². The van der Waals surface area contributed by atoms with E-state index in [2.05, 4.69) is 19.1 Å². The summed E-state index contributed by atoms with van der Waals surface area (Å²) in [6, 6.07) is 0. The van der Waals surface area contributed by atoms with Crippen molar-refractivity contribution in [1.29, 1.82) is 0 Å². The summed E-state index contributed by atoms with van der Waals surface area (Å²) in [4.78, 5) is 0. The van der Waals surface area contributed by atoms with Gasteiger partial charge in [0.05, 0.1) is 0 Å². The molecule has 0 fully saturated rings. The molecule has 0 aliphatic carbocycles. The lowest BCUT2D eigenvalue weighted by Crippen LogP contribution is -2.22. The van der Waals surface area contributed by atoms with Crippen LogP contribution < -0.4 is 0 Å². The van der Waals surface area contributed by atoms with Crippen molar-refractivity contribution in [2.24, 2.45) is 0 Å². The minimum atomic E-state index is -2.48. The fourth-order valence-electron chi connectivity index (χ4n) is 3.33. The summed E-state index contributed by atoms with van der Waals surface area (Å²) in [5.41, 5.74) is 2.40. The maximum Gasteiger partial charge on any atom is 0.163 e. The molecule has 0 saturated carbocycles. The molecule has 2 heterocycles. The van der Waals surface area contributed by atoms with Crippen LogP contribution in [0.4, 0.5) is 0 Å². The number of rotatable bonds is 7. The lowest BCUT2D eigenvalue weighted by Gasteiger charge is -2.34. The van der Waals surface area contributed by atoms with E-state index < -0.39 is 14.6 Å². The molecule has 2 rings (SSSR count). The first-order valence-electron chi connectivity index (χ1n) is 8.15. The first-order valence-corrected chi connectivity index (χ1v) is 12.2. The van der Waals surface area contributed by atoms with Crippen LogP contribution in [0.3, 0.4) is 0 Å². The van der Waals surface area contributed by atoms with E-state index in [-0.39, 0.29) is 0 Å². The second kappa shape index (κ2) is 6.99. The smallest absolute Gasteiger partial charge is 0.163 e. The molecule has 2 aliphatic heterocycles. The van der Waals surface area contributed by atoms with Gasteiger partial charge >= 0.3 is 0 Å². The standard InChI is InChI=1S/C16H29NO2P2/c1-4-5-6-7-10-17(20(18)11-8-15(2)13-20)21(19)12-9-16(3)14-21/h8-9H,4-7,10-14H2,1-3H3. The molecule has 3 nitrogen and oxygen atoms in total. The molecule has 0 N–H and O–H groups in total. The topological polar surface area (TPSA) is 37.4 Å². The van der Waals surface area contributed by atoms with Crippen LogP contribution in [-0.2, 0) is 9.13 Å². The number of allylic oxidation sites excluding steroid dienone is 4. The Morgan fingerprint density at radius 2 is 1.48 bits per heavy atom. The fourth-order valence-corrected chi connectivity index (χ4v) is 11.5. The van der Waals surface area contributed by atoms with Gasteiger partial charge in [-0.3, -0.25) is 0 Å². The number of nitrogens with zero attached hydrogens (tertiary/aromatic N) is 1. The van der Waals surface area contributed by atoms with Gasteiger partial charge in [0.1, 0.15) is 0 Å². The molecule has 120 valence electrons. The van der Waals surface area contributed by atoms with E-state index in [0.717, 1.165) is 19.4 Å². The van der Waals surface area contributed by atoms with Crippen LogP contribution in [0.25, 0.3) is 0 Å². The van der Waals surface area contributed by atoms with Crippen molar-refractivity contribution in [2.75, 3.05) is 31.2 Å². The lowest BCUT2D eigenvalue weighted by atomic mass is 10.2. The van der Waals surface area contributed by atoms with Gasteiger partial charge in [-0.25, -0.2) is 0 Å². The Kier molecular flexibility index (Phi) is 5.74. The van der Waals surface area contributed by atoms with Crippen LogP contribution in [0, 0.1) is 0 Å². The molecule has 0 aromatic carbocycles. The molecule has 2 aliphatic rings. The molecule has 0 bridgehead atoms. The van der Waals surface area contributed by atoms with Gasteiger partial charge in [-0.1, -0.05) is 49.5 Å². The normalized spacial score (nSPS) is 32.6. The molecular weight excluding hydrogens is 300 g/mol. The van der Waals surface area contributed by atoms with Crippen molar-refractivity contribution in [3.05, 3.63) is 23.3 Å². The molecule has 2 unspecified atom stereocenters. The van der Waals surface area contributed by atoms with Crippen molar-refractivity contribution in [3.8, 4) is 0 Å². The summed E-state index contributed by atoms with van der Waals surface area (Å²) in [6.45, 7) is 7.03. The Labute approximate surface area is 129 Å². The molecule has 0 amide bonds. The van der Waals surface area contributed by atoms with Crippen LogP contribution in [0.15, 0.2) is 23.3 Å². The molecule has 0 saturated heterocycles. The summed E-state index contributed by atoms with van der Waals surface area (Å²) >= 11 is 0. The summed E-state index contributed by atoms with van der Waals surface area (Å²) in [5, 5.41) is 0. The van der Waals surface area contributed by atoms with E-state index in [1.165, 1.54) is 24.0 Å². The monoisotopic (exact) mass is 329 g/mol. The van der Waals surface area contributed by atoms with Crippen LogP contribution >= 0.6 is 14.6 Å². The first-order chi connectivity index (χ1) is 9.89. The molecule has 0 aromatic heterocycles. The van der Waals surface area contributed by atoms with Gasteiger partial charge in [0.15, 0.2) is 14.6 Å². The Hall–Kier alpha value is -0.100. The van der Waals surface area contributed by atoms with E-state index in [0.29, 0.717) is 24.6 Å². The Morgan fingerprint density at radius 1 is 0.952 bits per heavy atom. The molecule has 5 heteroatoms. The van der Waals surface area contributed by atoms with E-state index in [9.17, 15) is 9.13 Å². The third kappa shape index (κ3) is 4.01. The predicted molar refractivity (Wildman–Crippen MR) is 93.0 cm³/mol. The number of unbranched alkanes of at least 4 members (excludes halogenated alkanes) is 3. The Bertz CT molecular complexity index is 494. The van der Waals surface area contributed by atoms with Gasteiger partial charge in [0.2, 0.25) is 0 Å². The zero-order chi connectivity index (χ0) is 15.5. The van der Waals surface area contributed by atoms with E-state index in [1.807, 2.05) is 18.3 Å². The quantitative estimate of drug-likeness (QED) is 0.359. The zero-order valence-electron chi connectivity index (χ0n) is 13.7. The minimum absolute atomic E-state index is 0.621. The second-order valence-electron chi connectivity index (χ2n) is 6.63.